The Balaban J connectivity index is 1.47. The molecule has 0 fully saturated rings. The summed E-state index contributed by atoms with van der Waals surface area (Å²) in [6, 6.07) is 13.6. The average Bonchev–Trinajstić information content (AvgIpc) is 3.20. The molecular formula is C22H19N3O4S. The van der Waals surface area contributed by atoms with Gasteiger partial charge >= 0.3 is 0 Å². The van der Waals surface area contributed by atoms with Crippen LogP contribution in [0.3, 0.4) is 0 Å². The Morgan fingerprint density at radius 2 is 1.97 bits per heavy atom. The normalized spacial score (nSPS) is 16.8. The molecule has 0 unspecified atom stereocenters. The van der Waals surface area contributed by atoms with Gasteiger partial charge in [0.1, 0.15) is 5.82 Å². The Bertz CT molecular complexity index is 1210. The molecule has 5 rings (SSSR count). The molecule has 0 bridgehead atoms. The topological polar surface area (TPSA) is 93.3 Å². The van der Waals surface area contributed by atoms with Gasteiger partial charge in [0, 0.05) is 18.1 Å². The third-order valence-corrected chi connectivity index (χ3v) is 6.28. The van der Waals surface area contributed by atoms with Crippen LogP contribution in [0.1, 0.15) is 34.6 Å². The number of H-pyrrole nitrogens is 1. The predicted octanol–water partition coefficient (Wildman–Crippen LogP) is 3.57. The third kappa shape index (κ3) is 3.43. The molecule has 1 amide bonds. The number of carbonyl (C=O) groups excluding carboxylic acids is 1. The van der Waals surface area contributed by atoms with E-state index in [-0.39, 0.29) is 24.7 Å². The van der Waals surface area contributed by atoms with Crippen LogP contribution < -0.4 is 20.3 Å². The zero-order valence-electron chi connectivity index (χ0n) is 16.2. The highest BCUT2D eigenvalue weighted by Gasteiger charge is 2.32. The summed E-state index contributed by atoms with van der Waals surface area (Å²) in [7, 11) is 0. The van der Waals surface area contributed by atoms with Crippen molar-refractivity contribution in [1.82, 2.24) is 9.97 Å². The molecule has 3 aromatic rings. The van der Waals surface area contributed by atoms with Crippen LogP contribution in [0.4, 0.5) is 5.82 Å². The van der Waals surface area contributed by atoms with Gasteiger partial charge in [-0.3, -0.25) is 9.59 Å². The quantitative estimate of drug-likeness (QED) is 0.494. The van der Waals surface area contributed by atoms with Crippen molar-refractivity contribution >= 4 is 23.5 Å². The maximum absolute atomic E-state index is 13.0. The second kappa shape index (κ2) is 7.53. The number of nitrogens with zero attached hydrogens (tertiary/aromatic N) is 1. The molecule has 0 spiro atoms. The summed E-state index contributed by atoms with van der Waals surface area (Å²) in [6.07, 6.45) is 0.174. The molecule has 7 nitrogen and oxygen atoms in total. The number of fused-ring (bicyclic) bond motifs is 2. The van der Waals surface area contributed by atoms with E-state index in [2.05, 4.69) is 34.3 Å². The monoisotopic (exact) mass is 421 g/mol. The molecule has 1 aromatic heterocycles. The highest BCUT2D eigenvalue weighted by molar-refractivity contribution is 7.98. The van der Waals surface area contributed by atoms with E-state index in [9.17, 15) is 9.59 Å². The average molecular weight is 421 g/mol. The molecule has 152 valence electrons. The molecule has 0 aliphatic carbocycles. The Morgan fingerprint density at radius 3 is 2.83 bits per heavy atom. The molecule has 8 heteroatoms. The largest absolute Gasteiger partial charge is 0.454 e. The Morgan fingerprint density at radius 1 is 1.13 bits per heavy atom. The van der Waals surface area contributed by atoms with Gasteiger partial charge in [-0.1, -0.05) is 42.1 Å². The highest BCUT2D eigenvalue weighted by Crippen LogP contribution is 2.40. The molecule has 2 aliphatic rings. The van der Waals surface area contributed by atoms with Crippen molar-refractivity contribution in [3.05, 3.63) is 75.1 Å². The zero-order chi connectivity index (χ0) is 20.7. The Kier molecular flexibility index (Phi) is 4.71. The van der Waals surface area contributed by atoms with Gasteiger partial charge in [0.15, 0.2) is 16.7 Å². The summed E-state index contributed by atoms with van der Waals surface area (Å²) >= 11 is 1.43. The number of aryl methyl sites for hydroxylation is 1. The summed E-state index contributed by atoms with van der Waals surface area (Å²) < 4.78 is 10.8. The van der Waals surface area contributed by atoms with Gasteiger partial charge in [0.05, 0.1) is 5.56 Å². The fourth-order valence-corrected chi connectivity index (χ4v) is 4.69. The number of carbonyl (C=O) groups is 1. The van der Waals surface area contributed by atoms with E-state index < -0.39 is 5.92 Å². The highest BCUT2D eigenvalue weighted by atomic mass is 32.2. The molecule has 2 aliphatic heterocycles. The van der Waals surface area contributed by atoms with Crippen LogP contribution in [0, 0.1) is 6.92 Å². The summed E-state index contributed by atoms with van der Waals surface area (Å²) in [5.41, 5.74) is 3.40. The van der Waals surface area contributed by atoms with Gasteiger partial charge in [-0.05, 0) is 35.7 Å². The summed E-state index contributed by atoms with van der Waals surface area (Å²) in [5, 5.41) is 3.24. The van der Waals surface area contributed by atoms with Crippen LogP contribution in [0.5, 0.6) is 11.5 Å². The number of hydrogen-bond donors (Lipinski definition) is 2. The minimum Gasteiger partial charge on any atom is -0.454 e. The lowest BCUT2D eigenvalue weighted by Gasteiger charge is -2.24. The van der Waals surface area contributed by atoms with E-state index in [1.54, 1.807) is 6.07 Å². The van der Waals surface area contributed by atoms with E-state index in [0.29, 0.717) is 33.8 Å². The fourth-order valence-electron chi connectivity index (χ4n) is 3.75. The molecule has 1 atom stereocenters. The number of anilines is 1. The van der Waals surface area contributed by atoms with Crippen molar-refractivity contribution < 1.29 is 14.3 Å². The van der Waals surface area contributed by atoms with Crippen LogP contribution in [0.25, 0.3) is 0 Å². The molecule has 30 heavy (non-hydrogen) atoms. The molecule has 2 N–H and O–H groups in total. The number of ether oxygens (including phenoxy) is 2. The minimum atomic E-state index is -0.394. The SMILES string of the molecule is Cc1ccccc1CSc1nc2c(c(=O)[nH]1)[C@@H](c1ccc3c(c1)OCO3)CC(=O)N2. The molecule has 0 saturated carbocycles. The van der Waals surface area contributed by atoms with Gasteiger partial charge in [-0.15, -0.1) is 0 Å². The lowest BCUT2D eigenvalue weighted by atomic mass is 9.86. The third-order valence-electron chi connectivity index (χ3n) is 5.35. The maximum Gasteiger partial charge on any atom is 0.257 e. The van der Waals surface area contributed by atoms with Crippen molar-refractivity contribution in [3.8, 4) is 11.5 Å². The molecule has 0 saturated heterocycles. The first-order chi connectivity index (χ1) is 14.6. The van der Waals surface area contributed by atoms with Crippen LogP contribution in [0.15, 0.2) is 52.4 Å². The van der Waals surface area contributed by atoms with Crippen LogP contribution in [-0.2, 0) is 10.5 Å². The Labute approximate surface area is 176 Å². The summed E-state index contributed by atoms with van der Waals surface area (Å²) in [4.78, 5) is 32.8. The second-order valence-corrected chi connectivity index (χ2v) is 8.23. The van der Waals surface area contributed by atoms with Crippen molar-refractivity contribution in [2.45, 2.75) is 30.2 Å². The van der Waals surface area contributed by atoms with Crippen LogP contribution >= 0.6 is 11.8 Å². The second-order valence-electron chi connectivity index (χ2n) is 7.27. The zero-order valence-corrected chi connectivity index (χ0v) is 17.0. The molecule has 2 aromatic carbocycles. The number of nitrogens with one attached hydrogen (secondary N) is 2. The minimum absolute atomic E-state index is 0.168. The number of rotatable bonds is 4. The van der Waals surface area contributed by atoms with Crippen molar-refractivity contribution in [2.75, 3.05) is 12.1 Å². The van der Waals surface area contributed by atoms with Crippen molar-refractivity contribution in [2.24, 2.45) is 0 Å². The lowest BCUT2D eigenvalue weighted by Crippen LogP contribution is -2.31. The van der Waals surface area contributed by atoms with E-state index in [0.717, 1.165) is 5.56 Å². The summed E-state index contributed by atoms with van der Waals surface area (Å²) in [6.45, 7) is 2.22. The number of amides is 1. The smallest absolute Gasteiger partial charge is 0.257 e. The molecular weight excluding hydrogens is 402 g/mol. The maximum atomic E-state index is 13.0. The van der Waals surface area contributed by atoms with Crippen LogP contribution in [0.2, 0.25) is 0 Å². The summed E-state index contributed by atoms with van der Waals surface area (Å²) in [5.74, 6) is 1.72. The van der Waals surface area contributed by atoms with Gasteiger partial charge < -0.3 is 19.8 Å². The van der Waals surface area contributed by atoms with E-state index in [1.807, 2.05) is 24.3 Å². The predicted molar refractivity (Wildman–Crippen MR) is 113 cm³/mol. The number of thioether (sulfide) groups is 1. The number of aromatic nitrogens is 2. The standard InChI is InChI=1S/C22H19N3O4S/c1-12-4-2-3-5-14(12)10-30-22-24-20-19(21(27)25-22)15(9-18(26)23-20)13-6-7-16-17(8-13)29-11-28-16/h2-8,15H,9-11H2,1H3,(H2,23,24,25,26,27)/t15-/m1/s1. The van der Waals surface area contributed by atoms with Crippen molar-refractivity contribution in [1.29, 1.82) is 0 Å². The van der Waals surface area contributed by atoms with Gasteiger partial charge in [0.25, 0.3) is 5.56 Å². The first kappa shape index (κ1) is 18.7. The van der Waals surface area contributed by atoms with Crippen molar-refractivity contribution in [3.63, 3.8) is 0 Å². The van der Waals surface area contributed by atoms with Gasteiger partial charge in [-0.2, -0.15) is 0 Å². The van der Waals surface area contributed by atoms with E-state index >= 15 is 0 Å². The molecule has 3 heterocycles. The number of aromatic amines is 1. The first-order valence-corrected chi connectivity index (χ1v) is 10.6. The molecule has 0 radical (unpaired) electrons. The van der Waals surface area contributed by atoms with Gasteiger partial charge in [-0.25, -0.2) is 4.98 Å². The van der Waals surface area contributed by atoms with Crippen LogP contribution in [-0.4, -0.2) is 22.7 Å². The van der Waals surface area contributed by atoms with E-state index in [1.165, 1.54) is 22.9 Å². The fraction of sp³-hybridized carbons (Fsp3) is 0.227. The van der Waals surface area contributed by atoms with Gasteiger partial charge in [0.2, 0.25) is 12.7 Å². The lowest BCUT2D eigenvalue weighted by molar-refractivity contribution is -0.116. The number of benzene rings is 2. The Hall–Kier alpha value is -3.26. The number of hydrogen-bond acceptors (Lipinski definition) is 6. The van der Waals surface area contributed by atoms with E-state index in [4.69, 9.17) is 9.47 Å². The first-order valence-electron chi connectivity index (χ1n) is 9.59.